The summed E-state index contributed by atoms with van der Waals surface area (Å²) in [6.07, 6.45) is 1.86. The molecule has 0 atom stereocenters. The minimum Gasteiger partial charge on any atom is -0.488 e. The molecule has 0 aromatic heterocycles. The lowest BCUT2D eigenvalue weighted by Gasteiger charge is -2.09. The molecule has 1 amide bonds. The van der Waals surface area contributed by atoms with Crippen LogP contribution < -0.4 is 10.1 Å². The van der Waals surface area contributed by atoms with E-state index in [1.807, 2.05) is 50.3 Å². The first-order valence-electron chi connectivity index (χ1n) is 10.3. The number of amidine groups is 1. The molecular formula is C26H22Br2N2O2S. The molecule has 1 heterocycles. The number of thioether (sulfide) groups is 1. The summed E-state index contributed by atoms with van der Waals surface area (Å²) >= 11 is 8.49. The van der Waals surface area contributed by atoms with Crippen molar-refractivity contribution in [2.75, 3.05) is 0 Å². The highest BCUT2D eigenvalue weighted by Crippen LogP contribution is 2.33. The molecule has 168 valence electrons. The molecule has 3 aromatic carbocycles. The van der Waals surface area contributed by atoms with Crippen LogP contribution in [-0.2, 0) is 11.4 Å². The molecule has 4 nitrogen and oxygen atoms in total. The van der Waals surface area contributed by atoms with Gasteiger partial charge in [0.05, 0.1) is 15.1 Å². The molecule has 0 aliphatic carbocycles. The van der Waals surface area contributed by atoms with Gasteiger partial charge in [-0.1, -0.05) is 51.8 Å². The lowest BCUT2D eigenvalue weighted by molar-refractivity contribution is -0.115. The summed E-state index contributed by atoms with van der Waals surface area (Å²) in [5.41, 5.74) is 6.26. The fourth-order valence-electron chi connectivity index (χ4n) is 3.31. The second-order valence-corrected chi connectivity index (χ2v) is 10.5. The number of hydrogen-bond donors (Lipinski definition) is 1. The van der Waals surface area contributed by atoms with Crippen LogP contribution in [0.5, 0.6) is 5.75 Å². The van der Waals surface area contributed by atoms with Crippen molar-refractivity contribution in [2.24, 2.45) is 4.99 Å². The highest BCUT2D eigenvalue weighted by molar-refractivity contribution is 9.10. The summed E-state index contributed by atoms with van der Waals surface area (Å²) in [5.74, 6) is 0.601. The Labute approximate surface area is 214 Å². The van der Waals surface area contributed by atoms with Crippen molar-refractivity contribution in [3.8, 4) is 5.75 Å². The van der Waals surface area contributed by atoms with Gasteiger partial charge in [0, 0.05) is 4.47 Å². The number of aliphatic imine (C=N–C) groups is 1. The van der Waals surface area contributed by atoms with Crippen LogP contribution in [0.4, 0.5) is 5.69 Å². The predicted molar refractivity (Wildman–Crippen MR) is 144 cm³/mol. The molecule has 1 fully saturated rings. The topological polar surface area (TPSA) is 50.7 Å². The normalized spacial score (nSPS) is 15.8. The molecule has 7 heteroatoms. The van der Waals surface area contributed by atoms with E-state index in [0.717, 1.165) is 42.6 Å². The minimum absolute atomic E-state index is 0.153. The van der Waals surface area contributed by atoms with E-state index in [1.54, 1.807) is 0 Å². The first-order chi connectivity index (χ1) is 15.8. The summed E-state index contributed by atoms with van der Waals surface area (Å²) in [4.78, 5) is 17.7. The third kappa shape index (κ3) is 5.96. The van der Waals surface area contributed by atoms with Gasteiger partial charge in [-0.2, -0.15) is 0 Å². The quantitative estimate of drug-likeness (QED) is 0.313. The first kappa shape index (κ1) is 23.8. The monoisotopic (exact) mass is 584 g/mol. The van der Waals surface area contributed by atoms with Crippen LogP contribution >= 0.6 is 43.6 Å². The smallest absolute Gasteiger partial charge is 0.264 e. The number of aryl methyl sites for hydroxylation is 3. The van der Waals surface area contributed by atoms with Crippen LogP contribution in [0.3, 0.4) is 0 Å². The van der Waals surface area contributed by atoms with Crippen molar-refractivity contribution in [1.82, 2.24) is 5.32 Å². The highest BCUT2D eigenvalue weighted by Gasteiger charge is 2.24. The second-order valence-electron chi connectivity index (χ2n) is 7.84. The Hall–Kier alpha value is -2.35. The number of rotatable bonds is 5. The predicted octanol–water partition coefficient (Wildman–Crippen LogP) is 7.61. The van der Waals surface area contributed by atoms with E-state index in [2.05, 4.69) is 73.4 Å². The number of benzene rings is 3. The Balaban J connectivity index is 1.46. The molecule has 1 aliphatic rings. The maximum absolute atomic E-state index is 12.5. The zero-order chi connectivity index (χ0) is 23.5. The molecule has 0 spiro atoms. The van der Waals surface area contributed by atoms with Crippen molar-refractivity contribution in [3.05, 3.63) is 96.3 Å². The van der Waals surface area contributed by atoms with Crippen LogP contribution in [0.25, 0.3) is 6.08 Å². The Morgan fingerprint density at radius 3 is 2.36 bits per heavy atom. The molecular weight excluding hydrogens is 564 g/mol. The number of hydrogen-bond acceptors (Lipinski definition) is 4. The number of amides is 1. The van der Waals surface area contributed by atoms with Crippen molar-refractivity contribution in [3.63, 3.8) is 0 Å². The van der Waals surface area contributed by atoms with Crippen molar-refractivity contribution >= 4 is 66.5 Å². The number of carbonyl (C=O) groups is 1. The van der Waals surface area contributed by atoms with Crippen molar-refractivity contribution < 1.29 is 9.53 Å². The third-order valence-electron chi connectivity index (χ3n) is 5.07. The number of ether oxygens (including phenoxy) is 1. The Bertz CT molecular complexity index is 1260. The number of nitrogens with zero attached hydrogens (tertiary/aromatic N) is 1. The van der Waals surface area contributed by atoms with Gasteiger partial charge in [-0.25, -0.2) is 4.99 Å². The van der Waals surface area contributed by atoms with E-state index in [-0.39, 0.29) is 5.91 Å². The fourth-order valence-corrected chi connectivity index (χ4v) is 4.89. The standard InChI is InChI=1S/C26H22Br2N2O2S/c1-15-4-6-18(7-5-15)14-32-22-9-8-19(12-21(22)27)13-23-25(31)30-26(33-23)29-20-10-16(2)24(28)17(3)11-20/h4-13H,14H2,1-3H3,(H,29,30,31)/b23-13-. The fraction of sp³-hybridized carbons (Fsp3) is 0.154. The average Bonchev–Trinajstić information content (AvgIpc) is 3.11. The average molecular weight is 586 g/mol. The van der Waals surface area contributed by atoms with Crippen molar-refractivity contribution in [1.29, 1.82) is 0 Å². The zero-order valence-corrected chi connectivity index (χ0v) is 22.4. The van der Waals surface area contributed by atoms with Crippen LogP contribution in [0, 0.1) is 20.8 Å². The van der Waals surface area contributed by atoms with Gasteiger partial charge in [0.1, 0.15) is 12.4 Å². The van der Waals surface area contributed by atoms with E-state index in [4.69, 9.17) is 4.74 Å². The Morgan fingerprint density at radius 2 is 1.70 bits per heavy atom. The SMILES string of the molecule is Cc1ccc(COc2ccc(/C=C3\SC(=Nc4cc(C)c(Br)c(C)c4)NC3=O)cc2Br)cc1. The number of halogens is 2. The largest absolute Gasteiger partial charge is 0.488 e. The van der Waals surface area contributed by atoms with E-state index in [1.165, 1.54) is 17.3 Å². The van der Waals surface area contributed by atoms with Crippen LogP contribution in [-0.4, -0.2) is 11.1 Å². The molecule has 3 aromatic rings. The molecule has 0 radical (unpaired) electrons. The number of nitrogens with one attached hydrogen (secondary N) is 1. The molecule has 1 saturated heterocycles. The lowest BCUT2D eigenvalue weighted by Crippen LogP contribution is -2.19. The van der Waals surface area contributed by atoms with Crippen LogP contribution in [0.1, 0.15) is 27.8 Å². The maximum atomic E-state index is 12.5. The molecule has 4 rings (SSSR count). The Kier molecular flexibility index (Phi) is 7.41. The van der Waals surface area contributed by atoms with E-state index in [9.17, 15) is 4.79 Å². The summed E-state index contributed by atoms with van der Waals surface area (Å²) in [6, 6.07) is 18.0. The third-order valence-corrected chi connectivity index (χ3v) is 7.85. The molecule has 1 aliphatic heterocycles. The molecule has 0 unspecified atom stereocenters. The zero-order valence-electron chi connectivity index (χ0n) is 18.4. The summed E-state index contributed by atoms with van der Waals surface area (Å²) in [7, 11) is 0. The van der Waals surface area contributed by atoms with Gasteiger partial charge in [-0.15, -0.1) is 0 Å². The van der Waals surface area contributed by atoms with E-state index >= 15 is 0 Å². The molecule has 1 N–H and O–H groups in total. The summed E-state index contributed by atoms with van der Waals surface area (Å²) in [5, 5.41) is 3.43. The lowest BCUT2D eigenvalue weighted by atomic mass is 10.1. The Morgan fingerprint density at radius 1 is 1.00 bits per heavy atom. The maximum Gasteiger partial charge on any atom is 0.264 e. The minimum atomic E-state index is -0.153. The van der Waals surface area contributed by atoms with Gasteiger partial charge in [0.25, 0.3) is 5.91 Å². The van der Waals surface area contributed by atoms with Crippen LogP contribution in [0.2, 0.25) is 0 Å². The van der Waals surface area contributed by atoms with Gasteiger partial charge < -0.3 is 10.1 Å². The summed E-state index contributed by atoms with van der Waals surface area (Å²) < 4.78 is 7.86. The summed E-state index contributed by atoms with van der Waals surface area (Å²) in [6.45, 7) is 6.61. The van der Waals surface area contributed by atoms with Gasteiger partial charge in [-0.05, 0) is 101 Å². The van der Waals surface area contributed by atoms with Gasteiger partial charge in [-0.3, -0.25) is 4.79 Å². The second kappa shape index (κ2) is 10.3. The van der Waals surface area contributed by atoms with E-state index < -0.39 is 0 Å². The van der Waals surface area contributed by atoms with Gasteiger partial charge in [0.15, 0.2) is 5.17 Å². The van der Waals surface area contributed by atoms with Crippen molar-refractivity contribution in [2.45, 2.75) is 27.4 Å². The number of carbonyl (C=O) groups excluding carboxylic acids is 1. The van der Waals surface area contributed by atoms with Gasteiger partial charge >= 0.3 is 0 Å². The van der Waals surface area contributed by atoms with Crippen LogP contribution in [0.15, 0.2) is 73.4 Å². The van der Waals surface area contributed by atoms with E-state index in [0.29, 0.717) is 16.7 Å². The molecule has 0 saturated carbocycles. The molecule has 33 heavy (non-hydrogen) atoms. The highest BCUT2D eigenvalue weighted by atomic mass is 79.9. The molecule has 0 bridgehead atoms. The first-order valence-corrected chi connectivity index (χ1v) is 12.7. The van der Waals surface area contributed by atoms with Gasteiger partial charge in [0.2, 0.25) is 0 Å².